The Hall–Kier alpha value is -1.50. The van der Waals surface area contributed by atoms with Crippen LogP contribution in [0, 0.1) is 0 Å². The summed E-state index contributed by atoms with van der Waals surface area (Å²) in [6.07, 6.45) is 0. The lowest BCUT2D eigenvalue weighted by Crippen LogP contribution is -2.43. The standard InChI is InChI=1S/C19H22ClN3O2.2ClH/c20-15-5-3-4-14(12-15)18(23-8-10-25-11-9-23)13-22-19(24)16-6-1-2-7-17(16)21;;/h1-7,12,18H,8-11,13,21H2,(H,22,24);2*1H. The second kappa shape index (κ2) is 11.4. The Morgan fingerprint density at radius 3 is 2.52 bits per heavy atom. The van der Waals surface area contributed by atoms with Gasteiger partial charge in [-0.25, -0.2) is 0 Å². The predicted octanol–water partition coefficient (Wildman–Crippen LogP) is 3.57. The molecule has 0 radical (unpaired) electrons. The van der Waals surface area contributed by atoms with Gasteiger partial charge in [0.1, 0.15) is 0 Å². The minimum atomic E-state index is -0.168. The quantitative estimate of drug-likeness (QED) is 0.709. The number of para-hydroxylation sites is 1. The van der Waals surface area contributed by atoms with E-state index < -0.39 is 0 Å². The number of rotatable bonds is 5. The summed E-state index contributed by atoms with van der Waals surface area (Å²) in [5.41, 5.74) is 7.95. The number of benzene rings is 2. The van der Waals surface area contributed by atoms with Crippen molar-refractivity contribution in [2.24, 2.45) is 0 Å². The fraction of sp³-hybridized carbons (Fsp3) is 0.316. The molecule has 0 spiro atoms. The monoisotopic (exact) mass is 431 g/mol. The largest absolute Gasteiger partial charge is 0.398 e. The first-order chi connectivity index (χ1) is 12.1. The van der Waals surface area contributed by atoms with E-state index in [1.54, 1.807) is 12.1 Å². The molecular formula is C19H24Cl3N3O2. The van der Waals surface area contributed by atoms with Crippen LogP contribution in [0.2, 0.25) is 5.02 Å². The maximum absolute atomic E-state index is 12.5. The Morgan fingerprint density at radius 2 is 1.85 bits per heavy atom. The molecule has 1 atom stereocenters. The maximum Gasteiger partial charge on any atom is 0.253 e. The van der Waals surface area contributed by atoms with Gasteiger partial charge >= 0.3 is 0 Å². The number of nitrogen functional groups attached to an aromatic ring is 1. The highest BCUT2D eigenvalue weighted by atomic mass is 35.5. The molecule has 0 aromatic heterocycles. The van der Waals surface area contributed by atoms with Gasteiger partial charge in [0, 0.05) is 30.3 Å². The third kappa shape index (κ3) is 6.26. The van der Waals surface area contributed by atoms with E-state index in [2.05, 4.69) is 10.2 Å². The molecule has 1 fully saturated rings. The van der Waals surface area contributed by atoms with Crippen LogP contribution in [0.3, 0.4) is 0 Å². The van der Waals surface area contributed by atoms with E-state index in [1.807, 2.05) is 36.4 Å². The first kappa shape index (κ1) is 23.5. The highest BCUT2D eigenvalue weighted by Crippen LogP contribution is 2.24. The van der Waals surface area contributed by atoms with Crippen LogP contribution in [0.4, 0.5) is 5.69 Å². The molecule has 0 saturated carbocycles. The number of nitrogens with one attached hydrogen (secondary N) is 1. The molecule has 0 bridgehead atoms. The Bertz CT molecular complexity index is 740. The van der Waals surface area contributed by atoms with E-state index in [9.17, 15) is 4.79 Å². The van der Waals surface area contributed by atoms with Crippen molar-refractivity contribution in [3.8, 4) is 0 Å². The lowest BCUT2D eigenvalue weighted by atomic mass is 10.0. The summed E-state index contributed by atoms with van der Waals surface area (Å²) in [7, 11) is 0. The molecule has 0 aliphatic carbocycles. The van der Waals surface area contributed by atoms with Crippen LogP contribution in [0.5, 0.6) is 0 Å². The van der Waals surface area contributed by atoms with Gasteiger partial charge in [-0.3, -0.25) is 9.69 Å². The number of halogens is 3. The van der Waals surface area contributed by atoms with Crippen molar-refractivity contribution in [2.75, 3.05) is 38.6 Å². The van der Waals surface area contributed by atoms with Crippen LogP contribution >= 0.6 is 36.4 Å². The topological polar surface area (TPSA) is 67.6 Å². The molecule has 2 aromatic rings. The van der Waals surface area contributed by atoms with Crippen molar-refractivity contribution >= 4 is 48.0 Å². The number of nitrogens with two attached hydrogens (primary N) is 1. The van der Waals surface area contributed by atoms with Gasteiger partial charge in [0.05, 0.1) is 24.8 Å². The number of hydrogen-bond donors (Lipinski definition) is 2. The van der Waals surface area contributed by atoms with E-state index in [4.69, 9.17) is 22.1 Å². The fourth-order valence-electron chi connectivity index (χ4n) is 3.05. The van der Waals surface area contributed by atoms with Gasteiger partial charge in [-0.05, 0) is 29.8 Å². The molecule has 8 heteroatoms. The zero-order valence-electron chi connectivity index (χ0n) is 14.8. The van der Waals surface area contributed by atoms with Crippen molar-refractivity contribution in [1.29, 1.82) is 0 Å². The van der Waals surface area contributed by atoms with Crippen molar-refractivity contribution < 1.29 is 9.53 Å². The normalized spacial score (nSPS) is 15.1. The molecule has 3 rings (SSSR count). The summed E-state index contributed by atoms with van der Waals surface area (Å²) >= 11 is 6.16. The first-order valence-corrected chi connectivity index (χ1v) is 8.73. The number of carbonyl (C=O) groups excluding carboxylic acids is 1. The highest BCUT2D eigenvalue weighted by Gasteiger charge is 2.23. The predicted molar refractivity (Wildman–Crippen MR) is 114 cm³/mol. The Balaban J connectivity index is 0.00000182. The van der Waals surface area contributed by atoms with Gasteiger partial charge in [0.15, 0.2) is 0 Å². The van der Waals surface area contributed by atoms with E-state index in [-0.39, 0.29) is 36.8 Å². The van der Waals surface area contributed by atoms with Crippen LogP contribution in [-0.4, -0.2) is 43.7 Å². The molecule has 1 unspecified atom stereocenters. The second-order valence-electron chi connectivity index (χ2n) is 6.02. The van der Waals surface area contributed by atoms with Crippen LogP contribution < -0.4 is 11.1 Å². The van der Waals surface area contributed by atoms with E-state index >= 15 is 0 Å². The zero-order valence-corrected chi connectivity index (χ0v) is 17.2. The SMILES string of the molecule is Cl.Cl.Nc1ccccc1C(=O)NCC(c1cccc(Cl)c1)N1CCOCC1. The third-order valence-corrected chi connectivity index (χ3v) is 4.62. The third-order valence-electron chi connectivity index (χ3n) is 4.38. The van der Waals surface area contributed by atoms with Crippen molar-refractivity contribution in [3.05, 3.63) is 64.7 Å². The van der Waals surface area contributed by atoms with Gasteiger partial charge in [0.25, 0.3) is 5.91 Å². The molecule has 27 heavy (non-hydrogen) atoms. The molecule has 3 N–H and O–H groups in total. The molecule has 2 aromatic carbocycles. The Morgan fingerprint density at radius 1 is 1.15 bits per heavy atom. The molecule has 1 heterocycles. The van der Waals surface area contributed by atoms with E-state index in [0.29, 0.717) is 36.0 Å². The van der Waals surface area contributed by atoms with E-state index in [1.165, 1.54) is 0 Å². The summed E-state index contributed by atoms with van der Waals surface area (Å²) in [6, 6.07) is 14.9. The molecule has 1 aliphatic heterocycles. The van der Waals surface area contributed by atoms with Crippen molar-refractivity contribution in [1.82, 2.24) is 10.2 Å². The highest BCUT2D eigenvalue weighted by molar-refractivity contribution is 6.30. The van der Waals surface area contributed by atoms with Crippen LogP contribution in [0.1, 0.15) is 22.0 Å². The lowest BCUT2D eigenvalue weighted by molar-refractivity contribution is 0.0162. The Labute approximate surface area is 177 Å². The van der Waals surface area contributed by atoms with Gasteiger partial charge in [-0.15, -0.1) is 24.8 Å². The smallest absolute Gasteiger partial charge is 0.253 e. The van der Waals surface area contributed by atoms with Crippen LogP contribution in [-0.2, 0) is 4.74 Å². The van der Waals surface area contributed by atoms with Crippen molar-refractivity contribution in [3.63, 3.8) is 0 Å². The fourth-order valence-corrected chi connectivity index (χ4v) is 3.25. The Kier molecular flexibility index (Phi) is 9.91. The number of morpholine rings is 1. The summed E-state index contributed by atoms with van der Waals surface area (Å²) in [4.78, 5) is 14.8. The van der Waals surface area contributed by atoms with E-state index in [0.717, 1.165) is 18.7 Å². The van der Waals surface area contributed by atoms with Gasteiger partial charge < -0.3 is 15.8 Å². The minimum Gasteiger partial charge on any atom is -0.398 e. The number of amides is 1. The average molecular weight is 433 g/mol. The summed E-state index contributed by atoms with van der Waals surface area (Å²) in [5, 5.41) is 3.70. The van der Waals surface area contributed by atoms with Crippen LogP contribution in [0.25, 0.3) is 0 Å². The number of carbonyl (C=O) groups is 1. The number of anilines is 1. The van der Waals surface area contributed by atoms with Crippen LogP contribution in [0.15, 0.2) is 48.5 Å². The molecular weight excluding hydrogens is 409 g/mol. The van der Waals surface area contributed by atoms with Crippen molar-refractivity contribution in [2.45, 2.75) is 6.04 Å². The number of nitrogens with zero attached hydrogens (tertiary/aromatic N) is 1. The number of hydrogen-bond acceptors (Lipinski definition) is 4. The average Bonchev–Trinajstić information content (AvgIpc) is 2.63. The first-order valence-electron chi connectivity index (χ1n) is 8.35. The lowest BCUT2D eigenvalue weighted by Gasteiger charge is -2.35. The molecule has 148 valence electrons. The number of ether oxygens (including phenoxy) is 1. The minimum absolute atomic E-state index is 0. The zero-order chi connectivity index (χ0) is 17.6. The molecule has 1 saturated heterocycles. The summed E-state index contributed by atoms with van der Waals surface area (Å²) in [6.45, 7) is 3.50. The van der Waals surface area contributed by atoms with Gasteiger partial charge in [-0.2, -0.15) is 0 Å². The van der Waals surface area contributed by atoms with Gasteiger partial charge in [-0.1, -0.05) is 35.9 Å². The van der Waals surface area contributed by atoms with Gasteiger partial charge in [0.2, 0.25) is 0 Å². The summed E-state index contributed by atoms with van der Waals surface area (Å²) in [5.74, 6) is -0.168. The summed E-state index contributed by atoms with van der Waals surface area (Å²) < 4.78 is 5.45. The second-order valence-corrected chi connectivity index (χ2v) is 6.45. The molecule has 1 aliphatic rings. The molecule has 1 amide bonds. The maximum atomic E-state index is 12.5. The molecule has 5 nitrogen and oxygen atoms in total.